The highest BCUT2D eigenvalue weighted by atomic mass is 16.2. The number of likely N-dealkylation sites (tertiary alicyclic amines) is 1. The third-order valence-corrected chi connectivity index (χ3v) is 4.18. The van der Waals surface area contributed by atoms with Crippen LogP contribution in [0, 0.1) is 19.8 Å². The van der Waals surface area contributed by atoms with Gasteiger partial charge in [-0.15, -0.1) is 0 Å². The quantitative estimate of drug-likeness (QED) is 0.905. The van der Waals surface area contributed by atoms with E-state index in [-0.39, 0.29) is 17.7 Å². The van der Waals surface area contributed by atoms with Crippen LogP contribution in [0.3, 0.4) is 0 Å². The summed E-state index contributed by atoms with van der Waals surface area (Å²) in [5, 5.41) is 0. The van der Waals surface area contributed by atoms with E-state index in [4.69, 9.17) is 5.73 Å². The number of hydrogen-bond acceptors (Lipinski definition) is 2. The molecule has 2 rings (SSSR count). The van der Waals surface area contributed by atoms with E-state index >= 15 is 0 Å². The first-order valence-electron chi connectivity index (χ1n) is 7.18. The molecule has 1 atom stereocenters. The predicted octanol–water partition coefficient (Wildman–Crippen LogP) is 1.46. The molecule has 110 valence electrons. The number of amides is 2. The van der Waals surface area contributed by atoms with E-state index in [0.29, 0.717) is 19.5 Å². The second-order valence-electron chi connectivity index (χ2n) is 5.61. The fourth-order valence-electron chi connectivity index (χ4n) is 3.14. The van der Waals surface area contributed by atoms with Gasteiger partial charge in [-0.3, -0.25) is 9.59 Å². The first-order chi connectivity index (χ1) is 9.43. The Kier molecular flexibility index (Phi) is 4.16. The molecule has 0 radical (unpaired) electrons. The van der Waals surface area contributed by atoms with Crippen LogP contribution in [0.25, 0.3) is 0 Å². The van der Waals surface area contributed by atoms with Gasteiger partial charge in [-0.25, -0.2) is 0 Å². The van der Waals surface area contributed by atoms with Crippen molar-refractivity contribution in [3.63, 3.8) is 0 Å². The van der Waals surface area contributed by atoms with Crippen LogP contribution >= 0.6 is 0 Å². The molecule has 5 nitrogen and oxygen atoms in total. The average Bonchev–Trinajstić information content (AvgIpc) is 2.93. The van der Waals surface area contributed by atoms with Crippen molar-refractivity contribution in [3.05, 3.63) is 23.0 Å². The van der Waals surface area contributed by atoms with Crippen molar-refractivity contribution in [2.24, 2.45) is 11.7 Å². The van der Waals surface area contributed by atoms with Crippen LogP contribution in [-0.4, -0.2) is 34.4 Å². The smallest absolute Gasteiger partial charge is 0.255 e. The van der Waals surface area contributed by atoms with E-state index in [1.165, 1.54) is 0 Å². The first-order valence-corrected chi connectivity index (χ1v) is 7.18. The van der Waals surface area contributed by atoms with Crippen LogP contribution in [-0.2, 0) is 11.3 Å². The molecule has 1 aliphatic rings. The van der Waals surface area contributed by atoms with Gasteiger partial charge >= 0.3 is 0 Å². The Bertz CT molecular complexity index is 533. The standard InChI is InChI=1S/C15H23N3O2/c1-4-18-10(2)7-13(11(18)3)15(20)17-6-5-12(9-17)8-14(16)19/h7,12H,4-6,8-9H2,1-3H3,(H2,16,19). The first kappa shape index (κ1) is 14.6. The maximum absolute atomic E-state index is 12.6. The molecule has 1 saturated heterocycles. The molecular weight excluding hydrogens is 254 g/mol. The van der Waals surface area contributed by atoms with Gasteiger partial charge in [0.2, 0.25) is 5.91 Å². The third kappa shape index (κ3) is 2.71. The lowest BCUT2D eigenvalue weighted by molar-refractivity contribution is -0.118. The molecule has 1 fully saturated rings. The van der Waals surface area contributed by atoms with Gasteiger partial charge in [0, 0.05) is 37.4 Å². The molecule has 0 bridgehead atoms. The molecule has 0 aromatic carbocycles. The van der Waals surface area contributed by atoms with Gasteiger partial charge in [-0.05, 0) is 39.2 Å². The zero-order chi connectivity index (χ0) is 14.9. The van der Waals surface area contributed by atoms with E-state index in [2.05, 4.69) is 11.5 Å². The molecule has 20 heavy (non-hydrogen) atoms. The summed E-state index contributed by atoms with van der Waals surface area (Å²) >= 11 is 0. The molecule has 2 N–H and O–H groups in total. The minimum atomic E-state index is -0.284. The van der Waals surface area contributed by atoms with Gasteiger partial charge in [0.25, 0.3) is 5.91 Å². The van der Waals surface area contributed by atoms with Crippen LogP contribution in [0.15, 0.2) is 6.07 Å². The van der Waals surface area contributed by atoms with Crippen molar-refractivity contribution in [1.82, 2.24) is 9.47 Å². The van der Waals surface area contributed by atoms with Crippen molar-refractivity contribution in [2.75, 3.05) is 13.1 Å². The number of aromatic nitrogens is 1. The monoisotopic (exact) mass is 277 g/mol. The zero-order valence-corrected chi connectivity index (χ0v) is 12.5. The van der Waals surface area contributed by atoms with E-state index < -0.39 is 0 Å². The van der Waals surface area contributed by atoms with Crippen molar-refractivity contribution in [1.29, 1.82) is 0 Å². The highest BCUT2D eigenvalue weighted by Crippen LogP contribution is 2.23. The number of carbonyl (C=O) groups excluding carboxylic acids is 2. The molecule has 0 spiro atoms. The maximum atomic E-state index is 12.6. The van der Waals surface area contributed by atoms with Crippen LogP contribution < -0.4 is 5.73 Å². The van der Waals surface area contributed by atoms with E-state index in [1.54, 1.807) is 0 Å². The summed E-state index contributed by atoms with van der Waals surface area (Å²) in [6.45, 7) is 8.31. The fourth-order valence-corrected chi connectivity index (χ4v) is 3.14. The lowest BCUT2D eigenvalue weighted by Gasteiger charge is -2.16. The molecule has 2 amide bonds. The van der Waals surface area contributed by atoms with E-state index in [0.717, 1.165) is 29.9 Å². The maximum Gasteiger partial charge on any atom is 0.255 e. The Hall–Kier alpha value is -1.78. The van der Waals surface area contributed by atoms with Crippen LogP contribution in [0.4, 0.5) is 0 Å². The molecule has 0 aliphatic carbocycles. The van der Waals surface area contributed by atoms with Gasteiger partial charge < -0.3 is 15.2 Å². The van der Waals surface area contributed by atoms with Gasteiger partial charge in [-0.2, -0.15) is 0 Å². The van der Waals surface area contributed by atoms with Gasteiger partial charge in [-0.1, -0.05) is 0 Å². The highest BCUT2D eigenvalue weighted by molar-refractivity contribution is 5.96. The second kappa shape index (κ2) is 5.69. The van der Waals surface area contributed by atoms with Crippen LogP contribution in [0.2, 0.25) is 0 Å². The lowest BCUT2D eigenvalue weighted by Crippen LogP contribution is -2.29. The minimum Gasteiger partial charge on any atom is -0.370 e. The number of primary amides is 1. The topological polar surface area (TPSA) is 68.3 Å². The second-order valence-corrected chi connectivity index (χ2v) is 5.61. The van der Waals surface area contributed by atoms with Gasteiger partial charge in [0.1, 0.15) is 0 Å². The minimum absolute atomic E-state index is 0.0739. The van der Waals surface area contributed by atoms with Crippen molar-refractivity contribution in [2.45, 2.75) is 40.2 Å². The molecule has 5 heteroatoms. The molecule has 1 aromatic rings. The fraction of sp³-hybridized carbons (Fsp3) is 0.600. The van der Waals surface area contributed by atoms with Gasteiger partial charge in [0.05, 0.1) is 5.56 Å². The Morgan fingerprint density at radius 3 is 2.65 bits per heavy atom. The number of aryl methyl sites for hydroxylation is 1. The molecule has 0 saturated carbocycles. The van der Waals surface area contributed by atoms with Crippen LogP contribution in [0.1, 0.15) is 41.5 Å². The predicted molar refractivity (Wildman–Crippen MR) is 77.4 cm³/mol. The number of nitrogens with zero attached hydrogens (tertiary/aromatic N) is 2. The number of carbonyl (C=O) groups is 2. The summed E-state index contributed by atoms with van der Waals surface area (Å²) in [5.74, 6) is 0.00402. The summed E-state index contributed by atoms with van der Waals surface area (Å²) in [5.41, 5.74) is 8.14. The van der Waals surface area contributed by atoms with E-state index in [1.807, 2.05) is 24.8 Å². The number of rotatable bonds is 4. The summed E-state index contributed by atoms with van der Waals surface area (Å²) < 4.78 is 2.14. The Morgan fingerprint density at radius 1 is 1.40 bits per heavy atom. The Labute approximate surface area is 119 Å². The highest BCUT2D eigenvalue weighted by Gasteiger charge is 2.29. The Morgan fingerprint density at radius 2 is 2.10 bits per heavy atom. The largest absolute Gasteiger partial charge is 0.370 e. The third-order valence-electron chi connectivity index (χ3n) is 4.18. The molecule has 2 heterocycles. The average molecular weight is 277 g/mol. The van der Waals surface area contributed by atoms with E-state index in [9.17, 15) is 9.59 Å². The zero-order valence-electron chi connectivity index (χ0n) is 12.5. The van der Waals surface area contributed by atoms with Crippen molar-refractivity contribution >= 4 is 11.8 Å². The molecular formula is C15H23N3O2. The Balaban J connectivity index is 2.11. The molecule has 1 aromatic heterocycles. The molecule has 1 aliphatic heterocycles. The molecule has 1 unspecified atom stereocenters. The number of nitrogens with two attached hydrogens (primary N) is 1. The summed E-state index contributed by atoms with van der Waals surface area (Å²) in [4.78, 5) is 25.4. The summed E-state index contributed by atoms with van der Waals surface area (Å²) in [6.07, 6.45) is 1.24. The lowest BCUT2D eigenvalue weighted by atomic mass is 10.1. The normalized spacial score (nSPS) is 18.6. The van der Waals surface area contributed by atoms with Crippen molar-refractivity contribution < 1.29 is 9.59 Å². The van der Waals surface area contributed by atoms with Crippen molar-refractivity contribution in [3.8, 4) is 0 Å². The van der Waals surface area contributed by atoms with Gasteiger partial charge in [0.15, 0.2) is 0 Å². The summed E-state index contributed by atoms with van der Waals surface area (Å²) in [6, 6.07) is 1.96. The SMILES string of the molecule is CCn1c(C)cc(C(=O)N2CCC(CC(N)=O)C2)c1C. The summed E-state index contributed by atoms with van der Waals surface area (Å²) in [7, 11) is 0. The number of hydrogen-bond donors (Lipinski definition) is 1. The van der Waals surface area contributed by atoms with Crippen LogP contribution in [0.5, 0.6) is 0 Å².